The van der Waals surface area contributed by atoms with Crippen LogP contribution in [0.4, 0.5) is 4.79 Å². The first kappa shape index (κ1) is 18.9. The molecule has 1 aromatic carbocycles. The smallest absolute Gasteiger partial charge is 0.315 e. The van der Waals surface area contributed by atoms with Crippen LogP contribution in [0.15, 0.2) is 48.8 Å². The quantitative estimate of drug-likeness (QED) is 0.828. The third-order valence-corrected chi connectivity index (χ3v) is 6.09. The van der Waals surface area contributed by atoms with Crippen molar-refractivity contribution < 1.29 is 4.79 Å². The predicted octanol–water partition coefficient (Wildman–Crippen LogP) is 3.95. The van der Waals surface area contributed by atoms with Gasteiger partial charge < -0.3 is 10.6 Å². The zero-order valence-corrected chi connectivity index (χ0v) is 16.4. The molecule has 0 spiro atoms. The molecule has 2 heterocycles. The highest BCUT2D eigenvalue weighted by molar-refractivity contribution is 5.75. The van der Waals surface area contributed by atoms with Crippen LogP contribution in [0, 0.1) is 0 Å². The second-order valence-corrected chi connectivity index (χ2v) is 7.99. The van der Waals surface area contributed by atoms with Crippen molar-refractivity contribution in [2.45, 2.75) is 57.2 Å². The molecule has 0 bridgehead atoms. The topological polar surface area (TPSA) is 57.3 Å². The van der Waals surface area contributed by atoms with Crippen LogP contribution in [0.5, 0.6) is 0 Å². The molecule has 5 heteroatoms. The van der Waals surface area contributed by atoms with E-state index in [0.717, 1.165) is 42.2 Å². The maximum Gasteiger partial charge on any atom is 0.315 e. The molecule has 2 N–H and O–H groups in total. The zero-order valence-electron chi connectivity index (χ0n) is 16.4. The molecule has 2 fully saturated rings. The van der Waals surface area contributed by atoms with E-state index in [1.165, 1.54) is 32.1 Å². The fourth-order valence-corrected chi connectivity index (χ4v) is 4.58. The monoisotopic (exact) mass is 378 g/mol. The number of aromatic nitrogens is 1. The van der Waals surface area contributed by atoms with E-state index in [1.54, 1.807) is 12.4 Å². The third kappa shape index (κ3) is 4.71. The van der Waals surface area contributed by atoms with Crippen molar-refractivity contribution in [3.05, 3.63) is 54.4 Å². The van der Waals surface area contributed by atoms with Crippen LogP contribution >= 0.6 is 0 Å². The maximum atomic E-state index is 12.5. The molecule has 1 unspecified atom stereocenters. The Morgan fingerprint density at radius 3 is 2.64 bits per heavy atom. The molecular formula is C23H30N4O. The van der Waals surface area contributed by atoms with Crippen LogP contribution in [0.25, 0.3) is 11.1 Å². The van der Waals surface area contributed by atoms with E-state index < -0.39 is 0 Å². The molecule has 4 rings (SSSR count). The second kappa shape index (κ2) is 9.20. The van der Waals surface area contributed by atoms with Gasteiger partial charge in [0, 0.05) is 44.1 Å². The molecule has 2 aromatic rings. The number of rotatable bonds is 5. The summed E-state index contributed by atoms with van der Waals surface area (Å²) < 4.78 is 0. The van der Waals surface area contributed by atoms with Gasteiger partial charge in [-0.15, -0.1) is 0 Å². The summed E-state index contributed by atoms with van der Waals surface area (Å²) >= 11 is 0. The standard InChI is InChI=1S/C23H30N4O/c28-23(26-20-12-15-27(17-20)21-7-2-1-3-8-21)25-16-19-6-4-5-9-22(19)18-10-13-24-14-11-18/h4-6,9-11,13-14,20-21H,1-3,7-8,12,15-17H2,(H2,25,26,28). The molecule has 0 radical (unpaired) electrons. The molecule has 5 nitrogen and oxygen atoms in total. The largest absolute Gasteiger partial charge is 0.334 e. The van der Waals surface area contributed by atoms with E-state index in [9.17, 15) is 4.79 Å². The lowest BCUT2D eigenvalue weighted by Crippen LogP contribution is -2.44. The summed E-state index contributed by atoms with van der Waals surface area (Å²) in [5.41, 5.74) is 3.36. The first-order valence-electron chi connectivity index (χ1n) is 10.6. The molecule has 1 atom stereocenters. The van der Waals surface area contributed by atoms with Gasteiger partial charge in [-0.1, -0.05) is 43.5 Å². The van der Waals surface area contributed by atoms with Gasteiger partial charge in [-0.2, -0.15) is 0 Å². The van der Waals surface area contributed by atoms with E-state index >= 15 is 0 Å². The number of urea groups is 1. The van der Waals surface area contributed by atoms with Crippen molar-refractivity contribution in [1.29, 1.82) is 0 Å². The first-order valence-corrected chi connectivity index (χ1v) is 10.6. The van der Waals surface area contributed by atoms with Crippen LogP contribution in [-0.4, -0.2) is 41.1 Å². The minimum atomic E-state index is -0.0694. The van der Waals surface area contributed by atoms with Gasteiger partial charge in [-0.3, -0.25) is 9.88 Å². The third-order valence-electron chi connectivity index (χ3n) is 6.09. The van der Waals surface area contributed by atoms with Gasteiger partial charge >= 0.3 is 6.03 Å². The summed E-state index contributed by atoms with van der Waals surface area (Å²) in [7, 11) is 0. The molecule has 28 heavy (non-hydrogen) atoms. The summed E-state index contributed by atoms with van der Waals surface area (Å²) in [6.45, 7) is 2.62. The fraction of sp³-hybridized carbons (Fsp3) is 0.478. The van der Waals surface area contributed by atoms with Gasteiger partial charge in [0.05, 0.1) is 0 Å². The lowest BCUT2D eigenvalue weighted by Gasteiger charge is -2.31. The highest BCUT2D eigenvalue weighted by atomic mass is 16.2. The SMILES string of the molecule is O=C(NCc1ccccc1-c1ccncc1)NC1CCN(C2CCCCC2)C1. The zero-order chi connectivity index (χ0) is 19.2. The summed E-state index contributed by atoms with van der Waals surface area (Å²) in [5, 5.41) is 6.22. The minimum absolute atomic E-state index is 0.0694. The summed E-state index contributed by atoms with van der Waals surface area (Å²) in [6, 6.07) is 13.1. The molecule has 2 amide bonds. The number of pyridine rings is 1. The Hall–Kier alpha value is -2.40. The number of nitrogens with one attached hydrogen (secondary N) is 2. The molecule has 1 aliphatic carbocycles. The van der Waals surface area contributed by atoms with Crippen molar-refractivity contribution in [1.82, 2.24) is 20.5 Å². The molecule has 1 saturated carbocycles. The first-order chi connectivity index (χ1) is 13.8. The minimum Gasteiger partial charge on any atom is -0.334 e. The van der Waals surface area contributed by atoms with Crippen LogP contribution in [0.3, 0.4) is 0 Å². The average molecular weight is 379 g/mol. The lowest BCUT2D eigenvalue weighted by molar-refractivity contribution is 0.186. The van der Waals surface area contributed by atoms with Gasteiger partial charge in [0.15, 0.2) is 0 Å². The van der Waals surface area contributed by atoms with Crippen molar-refractivity contribution in [2.75, 3.05) is 13.1 Å². The second-order valence-electron chi connectivity index (χ2n) is 7.99. The molecule has 1 aromatic heterocycles. The number of hydrogen-bond donors (Lipinski definition) is 2. The Morgan fingerprint density at radius 1 is 1.04 bits per heavy atom. The van der Waals surface area contributed by atoms with E-state index in [1.807, 2.05) is 24.3 Å². The molecule has 2 aliphatic rings. The van der Waals surface area contributed by atoms with Crippen molar-refractivity contribution in [3.8, 4) is 11.1 Å². The number of hydrogen-bond acceptors (Lipinski definition) is 3. The van der Waals surface area contributed by atoms with Crippen LogP contribution < -0.4 is 10.6 Å². The Bertz CT molecular complexity index is 773. The van der Waals surface area contributed by atoms with E-state index in [-0.39, 0.29) is 12.1 Å². The predicted molar refractivity (Wildman–Crippen MR) is 112 cm³/mol. The molecule has 1 aliphatic heterocycles. The molecule has 148 valence electrons. The van der Waals surface area contributed by atoms with E-state index in [2.05, 4.69) is 32.7 Å². The number of carbonyl (C=O) groups excluding carboxylic acids is 1. The van der Waals surface area contributed by atoms with Crippen molar-refractivity contribution in [3.63, 3.8) is 0 Å². The summed E-state index contributed by atoms with van der Waals surface area (Å²) in [6.07, 6.45) is 11.4. The van der Waals surface area contributed by atoms with Crippen LogP contribution in [0.2, 0.25) is 0 Å². The van der Waals surface area contributed by atoms with Crippen molar-refractivity contribution in [2.24, 2.45) is 0 Å². The highest BCUT2D eigenvalue weighted by Crippen LogP contribution is 2.26. The van der Waals surface area contributed by atoms with E-state index in [0.29, 0.717) is 6.54 Å². The Morgan fingerprint density at radius 2 is 1.82 bits per heavy atom. The Kier molecular flexibility index (Phi) is 6.22. The van der Waals surface area contributed by atoms with Gasteiger partial charge in [0.1, 0.15) is 0 Å². The van der Waals surface area contributed by atoms with Crippen molar-refractivity contribution >= 4 is 6.03 Å². The Balaban J connectivity index is 1.29. The lowest BCUT2D eigenvalue weighted by atomic mass is 9.94. The Labute approximate surface area is 167 Å². The number of likely N-dealkylation sites (tertiary alicyclic amines) is 1. The van der Waals surface area contributed by atoms with Gasteiger partial charge in [0.2, 0.25) is 0 Å². The highest BCUT2D eigenvalue weighted by Gasteiger charge is 2.29. The van der Waals surface area contributed by atoms with Gasteiger partial charge in [-0.05, 0) is 48.1 Å². The summed E-state index contributed by atoms with van der Waals surface area (Å²) in [4.78, 5) is 19.1. The number of amides is 2. The number of benzene rings is 1. The maximum absolute atomic E-state index is 12.5. The van der Waals surface area contributed by atoms with Crippen LogP contribution in [0.1, 0.15) is 44.1 Å². The van der Waals surface area contributed by atoms with Crippen LogP contribution in [-0.2, 0) is 6.54 Å². The fourth-order valence-electron chi connectivity index (χ4n) is 4.58. The number of nitrogens with zero attached hydrogens (tertiary/aromatic N) is 2. The summed E-state index contributed by atoms with van der Waals surface area (Å²) in [5.74, 6) is 0. The normalized spacial score (nSPS) is 20.8. The molecular weight excluding hydrogens is 348 g/mol. The van der Waals surface area contributed by atoms with Gasteiger partial charge in [-0.25, -0.2) is 4.79 Å². The average Bonchev–Trinajstić information content (AvgIpc) is 3.22. The van der Waals surface area contributed by atoms with Gasteiger partial charge in [0.25, 0.3) is 0 Å². The van der Waals surface area contributed by atoms with E-state index in [4.69, 9.17) is 0 Å². The molecule has 1 saturated heterocycles. The number of carbonyl (C=O) groups is 1.